The SMILES string of the molecule is CCN(CC)C(C)C(C)OC(=O)C(O)(c1ccccc1)c1ccccc1.Cl. The number of hydrogen-bond acceptors (Lipinski definition) is 4. The molecule has 0 bridgehead atoms. The molecule has 0 amide bonds. The zero-order valence-electron chi connectivity index (χ0n) is 16.5. The monoisotopic (exact) mass is 391 g/mol. The Bertz CT molecular complexity index is 650. The molecule has 2 atom stereocenters. The number of esters is 1. The van der Waals surface area contributed by atoms with Crippen LogP contribution in [0.3, 0.4) is 0 Å². The van der Waals surface area contributed by atoms with Crippen molar-refractivity contribution < 1.29 is 14.6 Å². The third kappa shape index (κ3) is 5.10. The first-order valence-corrected chi connectivity index (χ1v) is 9.23. The van der Waals surface area contributed by atoms with Gasteiger partial charge in [0.05, 0.1) is 0 Å². The predicted molar refractivity (Wildman–Crippen MR) is 111 cm³/mol. The summed E-state index contributed by atoms with van der Waals surface area (Å²) in [6.07, 6.45) is -0.346. The van der Waals surface area contributed by atoms with Gasteiger partial charge in [-0.3, -0.25) is 4.90 Å². The van der Waals surface area contributed by atoms with Crippen molar-refractivity contribution in [1.29, 1.82) is 0 Å². The van der Waals surface area contributed by atoms with Crippen LogP contribution in [0.2, 0.25) is 0 Å². The fourth-order valence-corrected chi connectivity index (χ4v) is 3.21. The molecule has 0 fully saturated rings. The average Bonchev–Trinajstić information content (AvgIpc) is 2.69. The van der Waals surface area contributed by atoms with Gasteiger partial charge in [0.15, 0.2) is 0 Å². The van der Waals surface area contributed by atoms with E-state index < -0.39 is 11.6 Å². The van der Waals surface area contributed by atoms with Crippen molar-refractivity contribution in [2.24, 2.45) is 0 Å². The van der Waals surface area contributed by atoms with E-state index in [4.69, 9.17) is 4.74 Å². The lowest BCUT2D eigenvalue weighted by Crippen LogP contribution is -2.46. The molecule has 0 saturated carbocycles. The summed E-state index contributed by atoms with van der Waals surface area (Å²) in [5, 5.41) is 11.4. The van der Waals surface area contributed by atoms with Crippen LogP contribution in [-0.4, -0.2) is 41.2 Å². The smallest absolute Gasteiger partial charge is 0.348 e. The summed E-state index contributed by atoms with van der Waals surface area (Å²) in [4.78, 5) is 15.3. The van der Waals surface area contributed by atoms with E-state index in [1.54, 1.807) is 48.5 Å². The van der Waals surface area contributed by atoms with Crippen molar-refractivity contribution in [3.63, 3.8) is 0 Å². The van der Waals surface area contributed by atoms with Crippen LogP contribution in [0, 0.1) is 0 Å². The summed E-state index contributed by atoms with van der Waals surface area (Å²) in [7, 11) is 0. The maximum Gasteiger partial charge on any atom is 0.348 e. The van der Waals surface area contributed by atoms with E-state index in [0.29, 0.717) is 11.1 Å². The van der Waals surface area contributed by atoms with Gasteiger partial charge in [0.2, 0.25) is 5.60 Å². The van der Waals surface area contributed by atoms with Crippen LogP contribution >= 0.6 is 12.4 Å². The Kier molecular flexibility index (Phi) is 8.97. The Hall–Kier alpha value is -1.88. The van der Waals surface area contributed by atoms with Gasteiger partial charge in [0.1, 0.15) is 6.10 Å². The molecule has 2 aromatic carbocycles. The third-order valence-electron chi connectivity index (χ3n) is 5.04. The zero-order valence-corrected chi connectivity index (χ0v) is 17.3. The Morgan fingerprint density at radius 2 is 1.37 bits per heavy atom. The van der Waals surface area contributed by atoms with Gasteiger partial charge in [-0.05, 0) is 38.1 Å². The molecule has 148 valence electrons. The molecule has 1 N–H and O–H groups in total. The van der Waals surface area contributed by atoms with Crippen molar-refractivity contribution in [2.45, 2.75) is 45.4 Å². The highest BCUT2D eigenvalue weighted by Gasteiger charge is 2.42. The second-order valence-corrected chi connectivity index (χ2v) is 6.51. The molecule has 0 aromatic heterocycles. The van der Waals surface area contributed by atoms with Crippen LogP contribution in [0.4, 0.5) is 0 Å². The molecule has 4 nitrogen and oxygen atoms in total. The molecule has 27 heavy (non-hydrogen) atoms. The molecule has 0 saturated heterocycles. The van der Waals surface area contributed by atoms with Crippen molar-refractivity contribution in [3.05, 3.63) is 71.8 Å². The maximum absolute atomic E-state index is 13.1. The third-order valence-corrected chi connectivity index (χ3v) is 5.04. The predicted octanol–water partition coefficient (Wildman–Crippen LogP) is 4.01. The minimum absolute atomic E-state index is 0. The van der Waals surface area contributed by atoms with Gasteiger partial charge in [0.25, 0.3) is 0 Å². The van der Waals surface area contributed by atoms with E-state index in [-0.39, 0.29) is 24.6 Å². The van der Waals surface area contributed by atoms with Gasteiger partial charge in [0, 0.05) is 6.04 Å². The van der Waals surface area contributed by atoms with E-state index >= 15 is 0 Å². The summed E-state index contributed by atoms with van der Waals surface area (Å²) in [6.45, 7) is 9.83. The number of carbonyl (C=O) groups is 1. The first-order valence-electron chi connectivity index (χ1n) is 9.23. The Balaban J connectivity index is 0.00000364. The lowest BCUT2D eigenvalue weighted by Gasteiger charge is -2.34. The van der Waals surface area contributed by atoms with Crippen LogP contribution in [0.1, 0.15) is 38.8 Å². The van der Waals surface area contributed by atoms with Gasteiger partial charge in [-0.2, -0.15) is 0 Å². The van der Waals surface area contributed by atoms with Gasteiger partial charge < -0.3 is 9.84 Å². The highest BCUT2D eigenvalue weighted by atomic mass is 35.5. The number of nitrogens with zero attached hydrogens (tertiary/aromatic N) is 1. The van der Waals surface area contributed by atoms with E-state index in [0.717, 1.165) is 13.1 Å². The molecule has 2 rings (SSSR count). The molecule has 2 unspecified atom stereocenters. The van der Waals surface area contributed by atoms with Crippen molar-refractivity contribution in [1.82, 2.24) is 4.90 Å². The molecule has 0 radical (unpaired) electrons. The highest BCUT2D eigenvalue weighted by molar-refractivity contribution is 5.86. The van der Waals surface area contributed by atoms with Gasteiger partial charge in [-0.15, -0.1) is 12.4 Å². The van der Waals surface area contributed by atoms with Gasteiger partial charge >= 0.3 is 5.97 Å². The van der Waals surface area contributed by atoms with Crippen LogP contribution in [0.15, 0.2) is 60.7 Å². The fraction of sp³-hybridized carbons (Fsp3) is 0.409. The standard InChI is InChI=1S/C22H29NO3.ClH/c1-5-23(6-2)17(3)18(4)26-21(24)22(25,19-13-9-7-10-14-19)20-15-11-8-12-16-20;/h7-18,25H,5-6H2,1-4H3;1H. The van der Waals surface area contributed by atoms with E-state index in [2.05, 4.69) is 18.7 Å². The number of ether oxygens (including phenoxy) is 1. The first-order chi connectivity index (χ1) is 12.4. The molecule has 0 aliphatic heterocycles. The fourth-order valence-electron chi connectivity index (χ4n) is 3.21. The number of benzene rings is 2. The summed E-state index contributed by atoms with van der Waals surface area (Å²) in [5.41, 5.74) is -0.836. The van der Waals surface area contributed by atoms with Crippen LogP contribution in [-0.2, 0) is 15.1 Å². The lowest BCUT2D eigenvalue weighted by atomic mass is 9.86. The number of hydrogen-bond donors (Lipinski definition) is 1. The molecule has 0 aliphatic carbocycles. The lowest BCUT2D eigenvalue weighted by molar-refractivity contribution is -0.170. The molecule has 5 heteroatoms. The molecule has 0 aliphatic rings. The molecule has 0 spiro atoms. The van der Waals surface area contributed by atoms with Crippen molar-refractivity contribution >= 4 is 18.4 Å². The van der Waals surface area contributed by atoms with Gasteiger partial charge in [-0.25, -0.2) is 4.79 Å². The number of rotatable bonds is 8. The second kappa shape index (κ2) is 10.5. The molecular weight excluding hydrogens is 362 g/mol. The van der Waals surface area contributed by atoms with Crippen molar-refractivity contribution in [2.75, 3.05) is 13.1 Å². The Labute approximate surface area is 168 Å². The summed E-state index contributed by atoms with van der Waals surface area (Å²) in [6, 6.07) is 18.0. The second-order valence-electron chi connectivity index (χ2n) is 6.51. The van der Waals surface area contributed by atoms with Gasteiger partial charge in [-0.1, -0.05) is 74.5 Å². The molecule has 2 aromatic rings. The summed E-state index contributed by atoms with van der Waals surface area (Å²) in [5.74, 6) is -0.651. The van der Waals surface area contributed by atoms with E-state index in [9.17, 15) is 9.90 Å². The highest BCUT2D eigenvalue weighted by Crippen LogP contribution is 2.31. The Morgan fingerprint density at radius 1 is 0.963 bits per heavy atom. The topological polar surface area (TPSA) is 49.8 Å². The van der Waals surface area contributed by atoms with Crippen LogP contribution < -0.4 is 0 Å². The first kappa shape index (κ1) is 23.2. The number of carbonyl (C=O) groups excluding carboxylic acids is 1. The molecule has 0 heterocycles. The average molecular weight is 392 g/mol. The Morgan fingerprint density at radius 3 is 1.74 bits per heavy atom. The number of halogens is 1. The number of aliphatic hydroxyl groups is 1. The largest absolute Gasteiger partial charge is 0.458 e. The molecular formula is C22H30ClNO3. The van der Waals surface area contributed by atoms with Crippen molar-refractivity contribution in [3.8, 4) is 0 Å². The zero-order chi connectivity index (χ0) is 19.2. The maximum atomic E-state index is 13.1. The quantitative estimate of drug-likeness (QED) is 0.691. The summed E-state index contributed by atoms with van der Waals surface area (Å²) < 4.78 is 5.74. The minimum atomic E-state index is -1.83. The van der Waals surface area contributed by atoms with E-state index in [1.807, 2.05) is 26.0 Å². The minimum Gasteiger partial charge on any atom is -0.458 e. The summed E-state index contributed by atoms with van der Waals surface area (Å²) >= 11 is 0. The van der Waals surface area contributed by atoms with Crippen LogP contribution in [0.25, 0.3) is 0 Å². The normalized spacial score (nSPS) is 13.6. The number of likely N-dealkylation sites (N-methyl/N-ethyl adjacent to an activating group) is 1. The van der Waals surface area contributed by atoms with E-state index in [1.165, 1.54) is 0 Å². The van der Waals surface area contributed by atoms with Crippen LogP contribution in [0.5, 0.6) is 0 Å².